The monoisotopic (exact) mass is 548 g/mol. The Morgan fingerprint density at radius 3 is 2.56 bits per heavy atom. The van der Waals surface area contributed by atoms with E-state index >= 15 is 0 Å². The smallest absolute Gasteiger partial charge is 0.303 e. The van der Waals surface area contributed by atoms with E-state index in [1.165, 1.54) is 13.0 Å². The first-order valence-electron chi connectivity index (χ1n) is 13.8. The summed E-state index contributed by atoms with van der Waals surface area (Å²) in [6, 6.07) is -0.122. The normalized spacial score (nSPS) is 35.8. The molecule has 9 atom stereocenters. The molecule has 218 valence electrons. The zero-order valence-corrected chi connectivity index (χ0v) is 23.6. The predicted molar refractivity (Wildman–Crippen MR) is 145 cm³/mol. The van der Waals surface area contributed by atoms with E-state index in [4.69, 9.17) is 24.7 Å². The predicted octanol–water partition coefficient (Wildman–Crippen LogP) is 1.89. The average Bonchev–Trinajstić information content (AvgIpc) is 3.64. The summed E-state index contributed by atoms with van der Waals surface area (Å²) in [6.07, 6.45) is 8.64. The Labute approximate surface area is 230 Å². The second-order valence-electron chi connectivity index (χ2n) is 11.1. The number of hydrogen-bond acceptors (Lipinski definition) is 9. The highest BCUT2D eigenvalue weighted by Crippen LogP contribution is 2.43. The zero-order chi connectivity index (χ0) is 28.7. The Hall–Kier alpha value is -2.37. The number of epoxide rings is 1. The van der Waals surface area contributed by atoms with Crippen molar-refractivity contribution in [2.75, 3.05) is 13.2 Å². The molecule has 10 nitrogen and oxygen atoms in total. The molecule has 0 aromatic carbocycles. The third-order valence-corrected chi connectivity index (χ3v) is 7.61. The molecule has 1 spiro atoms. The summed E-state index contributed by atoms with van der Waals surface area (Å²) < 4.78 is 22.8. The van der Waals surface area contributed by atoms with E-state index in [0.29, 0.717) is 19.4 Å². The molecule has 0 bridgehead atoms. The molecule has 3 aliphatic heterocycles. The SMILES string of the molecule is CC(=O)O[C@@H](C)/C=C\C(=O)N[C@@H]1C[C@H](C)[C@H](C/C=C(C)/C=C/[C@H]2O[C@H](CC(=O)CN)C[C@@]3(CO3)[C@@H]2O)O[C@@H]1C. The lowest BCUT2D eigenvalue weighted by molar-refractivity contribution is -0.144. The Kier molecular flexibility index (Phi) is 11.0. The Bertz CT molecular complexity index is 972. The van der Waals surface area contributed by atoms with Gasteiger partial charge in [-0.2, -0.15) is 0 Å². The number of ketones is 1. The van der Waals surface area contributed by atoms with Gasteiger partial charge in [-0.3, -0.25) is 14.4 Å². The Balaban J connectivity index is 1.50. The first-order chi connectivity index (χ1) is 18.4. The van der Waals surface area contributed by atoms with Crippen LogP contribution in [0.25, 0.3) is 0 Å². The molecule has 3 aliphatic rings. The molecule has 10 heteroatoms. The van der Waals surface area contributed by atoms with Gasteiger partial charge in [0.25, 0.3) is 0 Å². The van der Waals surface area contributed by atoms with Crippen molar-refractivity contribution >= 4 is 17.7 Å². The lowest BCUT2D eigenvalue weighted by Crippen LogP contribution is -2.50. The second-order valence-corrected chi connectivity index (χ2v) is 11.1. The van der Waals surface area contributed by atoms with Crippen LogP contribution < -0.4 is 11.1 Å². The number of rotatable bonds is 11. The maximum atomic E-state index is 12.3. The fourth-order valence-electron chi connectivity index (χ4n) is 5.22. The fraction of sp³-hybridized carbons (Fsp3) is 0.690. The standard InChI is InChI=1S/C29H44N2O8/c1-17(7-10-26-28(35)29(16-36-29)14-23(39-26)13-22(33)15-30)6-9-25-18(2)12-24(20(4)38-25)31-27(34)11-8-19(3)37-21(5)32/h6-8,10-11,18-20,23-26,28,35H,9,12-16,30H2,1-5H3,(H,31,34)/b10-7+,11-8-,17-6+/t18-,19-,20+,23+,24+,25-,26+,28+,29+/m0/s1. The minimum atomic E-state index is -0.791. The van der Waals surface area contributed by atoms with Gasteiger partial charge in [0, 0.05) is 25.8 Å². The highest BCUT2D eigenvalue weighted by Gasteiger charge is 2.58. The van der Waals surface area contributed by atoms with Gasteiger partial charge >= 0.3 is 5.97 Å². The molecule has 3 heterocycles. The van der Waals surface area contributed by atoms with E-state index in [1.54, 1.807) is 13.0 Å². The summed E-state index contributed by atoms with van der Waals surface area (Å²) in [7, 11) is 0. The summed E-state index contributed by atoms with van der Waals surface area (Å²) in [5.74, 6) is -0.498. The number of carbonyl (C=O) groups is 3. The van der Waals surface area contributed by atoms with Gasteiger partial charge in [-0.1, -0.05) is 30.7 Å². The zero-order valence-electron chi connectivity index (χ0n) is 23.6. The molecule has 1 amide bonds. The van der Waals surface area contributed by atoms with Gasteiger partial charge in [-0.15, -0.1) is 0 Å². The van der Waals surface area contributed by atoms with Gasteiger partial charge in [0.15, 0.2) is 0 Å². The van der Waals surface area contributed by atoms with E-state index in [2.05, 4.69) is 18.3 Å². The lowest BCUT2D eigenvalue weighted by Gasteiger charge is -2.39. The summed E-state index contributed by atoms with van der Waals surface area (Å²) in [5, 5.41) is 13.7. The molecule has 0 radical (unpaired) electrons. The average molecular weight is 549 g/mol. The van der Waals surface area contributed by atoms with Gasteiger partial charge in [0.1, 0.15) is 29.7 Å². The number of aliphatic hydroxyl groups excluding tert-OH is 1. The van der Waals surface area contributed by atoms with E-state index in [9.17, 15) is 19.5 Å². The number of Topliss-reactive ketones (excluding diaryl/α,β-unsaturated/α-hetero) is 1. The van der Waals surface area contributed by atoms with Crippen molar-refractivity contribution in [2.45, 2.75) is 109 Å². The number of ether oxygens (including phenoxy) is 4. The molecule has 0 aromatic heterocycles. The highest BCUT2D eigenvalue weighted by atomic mass is 16.6. The molecule has 0 saturated carbocycles. The molecule has 39 heavy (non-hydrogen) atoms. The Morgan fingerprint density at radius 1 is 1.21 bits per heavy atom. The number of aliphatic hydroxyl groups is 1. The molecular weight excluding hydrogens is 504 g/mol. The molecule has 3 fully saturated rings. The summed E-state index contributed by atoms with van der Waals surface area (Å²) >= 11 is 0. The van der Waals surface area contributed by atoms with Crippen LogP contribution in [-0.2, 0) is 33.3 Å². The molecule has 3 rings (SSSR count). The quantitative estimate of drug-likeness (QED) is 0.152. The van der Waals surface area contributed by atoms with Gasteiger partial charge in [0.2, 0.25) is 5.91 Å². The van der Waals surface area contributed by atoms with Crippen molar-refractivity contribution in [1.29, 1.82) is 0 Å². The van der Waals surface area contributed by atoms with Gasteiger partial charge in [-0.05, 0) is 45.6 Å². The lowest BCUT2D eigenvalue weighted by atomic mass is 9.87. The highest BCUT2D eigenvalue weighted by molar-refractivity contribution is 5.87. The topological polar surface area (TPSA) is 150 Å². The summed E-state index contributed by atoms with van der Waals surface area (Å²) in [4.78, 5) is 35.2. The number of esters is 1. The van der Waals surface area contributed by atoms with E-state index in [1.807, 2.05) is 26.0 Å². The maximum Gasteiger partial charge on any atom is 0.303 e. The molecule has 3 saturated heterocycles. The van der Waals surface area contributed by atoms with Crippen LogP contribution in [0.2, 0.25) is 0 Å². The van der Waals surface area contributed by atoms with Gasteiger partial charge in [-0.25, -0.2) is 0 Å². The van der Waals surface area contributed by atoms with E-state index < -0.39 is 29.9 Å². The van der Waals surface area contributed by atoms with Crippen LogP contribution in [0.1, 0.15) is 60.3 Å². The van der Waals surface area contributed by atoms with Crippen molar-refractivity contribution < 1.29 is 38.4 Å². The minimum Gasteiger partial charge on any atom is -0.459 e. The number of hydrogen-bond donors (Lipinski definition) is 3. The summed E-state index contributed by atoms with van der Waals surface area (Å²) in [6.45, 7) is 9.50. The second kappa shape index (κ2) is 13.8. The van der Waals surface area contributed by atoms with Crippen molar-refractivity contribution in [1.82, 2.24) is 5.32 Å². The molecule has 0 aromatic rings. The van der Waals surface area contributed by atoms with Crippen LogP contribution in [0.3, 0.4) is 0 Å². The molecule has 0 unspecified atom stereocenters. The van der Waals surface area contributed by atoms with Crippen LogP contribution in [0.5, 0.6) is 0 Å². The van der Waals surface area contributed by atoms with Crippen molar-refractivity contribution in [2.24, 2.45) is 11.7 Å². The number of amides is 1. The number of nitrogens with two attached hydrogens (primary N) is 1. The van der Waals surface area contributed by atoms with E-state index in [0.717, 1.165) is 12.0 Å². The van der Waals surface area contributed by atoms with Crippen LogP contribution in [0.15, 0.2) is 36.0 Å². The van der Waals surface area contributed by atoms with Crippen molar-refractivity contribution in [3.05, 3.63) is 36.0 Å². The fourth-order valence-corrected chi connectivity index (χ4v) is 5.22. The molecule has 4 N–H and O–H groups in total. The number of allylic oxidation sites excluding steroid dienone is 2. The number of carbonyl (C=O) groups excluding carboxylic acids is 3. The van der Waals surface area contributed by atoms with Gasteiger partial charge in [0.05, 0.1) is 37.5 Å². The van der Waals surface area contributed by atoms with Gasteiger partial charge < -0.3 is 35.1 Å². The molecule has 0 aliphatic carbocycles. The first kappa shape index (κ1) is 31.2. The largest absolute Gasteiger partial charge is 0.459 e. The minimum absolute atomic E-state index is 0.00217. The molecular formula is C29H44N2O8. The van der Waals surface area contributed by atoms with Crippen LogP contribution in [-0.4, -0.2) is 84.2 Å². The van der Waals surface area contributed by atoms with Crippen molar-refractivity contribution in [3.8, 4) is 0 Å². The van der Waals surface area contributed by atoms with Crippen molar-refractivity contribution in [3.63, 3.8) is 0 Å². The third-order valence-electron chi connectivity index (χ3n) is 7.61. The Morgan fingerprint density at radius 2 is 1.92 bits per heavy atom. The third kappa shape index (κ3) is 9.08. The maximum absolute atomic E-state index is 12.3. The van der Waals surface area contributed by atoms with E-state index in [-0.39, 0.29) is 54.9 Å². The first-order valence-corrected chi connectivity index (χ1v) is 13.8. The summed E-state index contributed by atoms with van der Waals surface area (Å²) in [5.41, 5.74) is 5.83. The van der Waals surface area contributed by atoms with Crippen LogP contribution >= 0.6 is 0 Å². The van der Waals surface area contributed by atoms with Crippen LogP contribution in [0.4, 0.5) is 0 Å². The number of nitrogens with one attached hydrogen (secondary N) is 1. The van der Waals surface area contributed by atoms with Crippen LogP contribution in [0, 0.1) is 5.92 Å².